The average molecular weight is 308 g/mol. The second-order valence-corrected chi connectivity index (χ2v) is 5.55. The Morgan fingerprint density at radius 2 is 1.94 bits per heavy atom. The molecule has 18 heavy (non-hydrogen) atoms. The molecule has 0 fully saturated rings. The highest BCUT2D eigenvalue weighted by Gasteiger charge is 2.10. The first-order valence-corrected chi connectivity index (χ1v) is 6.94. The number of hydrogen-bond donors (Lipinski definition) is 2. The predicted molar refractivity (Wildman–Crippen MR) is 77.4 cm³/mol. The maximum absolute atomic E-state index is 3.97. The Balaban J connectivity index is 1.88. The Morgan fingerprint density at radius 3 is 2.56 bits per heavy atom. The van der Waals surface area contributed by atoms with E-state index in [-0.39, 0.29) is 6.04 Å². The number of nitrogens with one attached hydrogen (secondary N) is 2. The van der Waals surface area contributed by atoms with Crippen molar-refractivity contribution < 1.29 is 0 Å². The molecule has 2 atom stereocenters. The van der Waals surface area contributed by atoms with E-state index < -0.39 is 0 Å². The van der Waals surface area contributed by atoms with Gasteiger partial charge >= 0.3 is 0 Å². The van der Waals surface area contributed by atoms with Crippen molar-refractivity contribution in [3.8, 4) is 0 Å². The molecule has 0 aliphatic rings. The minimum absolute atomic E-state index is 0.290. The van der Waals surface area contributed by atoms with Crippen molar-refractivity contribution in [3.63, 3.8) is 0 Å². The van der Waals surface area contributed by atoms with Crippen LogP contribution in [0.1, 0.15) is 31.1 Å². The third-order valence-electron chi connectivity index (χ3n) is 2.98. The molecule has 2 rings (SSSR count). The van der Waals surface area contributed by atoms with E-state index >= 15 is 0 Å². The Morgan fingerprint density at radius 1 is 1.22 bits per heavy atom. The van der Waals surface area contributed by atoms with E-state index in [1.54, 1.807) is 6.20 Å². The molecule has 0 aliphatic heterocycles. The van der Waals surface area contributed by atoms with Crippen LogP contribution < -0.4 is 5.32 Å². The first kappa shape index (κ1) is 13.3. The standard InChI is InChI=1S/C14H18BrN3/c1-10(9-12-3-5-13(15)6-4-12)17-11(2)14-7-8-16-18-14/h3-8,10-11,17H,9H2,1-2H3,(H,16,18). The second kappa shape index (κ2) is 6.16. The second-order valence-electron chi connectivity index (χ2n) is 4.63. The predicted octanol–water partition coefficient (Wildman–Crippen LogP) is 3.45. The molecular formula is C14H18BrN3. The maximum Gasteiger partial charge on any atom is 0.0518 e. The first-order chi connectivity index (χ1) is 8.65. The van der Waals surface area contributed by atoms with Gasteiger partial charge in [0, 0.05) is 22.8 Å². The van der Waals surface area contributed by atoms with Crippen LogP contribution in [-0.4, -0.2) is 16.2 Å². The molecule has 3 nitrogen and oxygen atoms in total. The summed E-state index contributed by atoms with van der Waals surface area (Å²) in [6, 6.07) is 11.2. The Kier molecular flexibility index (Phi) is 4.55. The van der Waals surface area contributed by atoms with Crippen molar-refractivity contribution in [1.29, 1.82) is 0 Å². The van der Waals surface area contributed by atoms with Gasteiger partial charge in [0.2, 0.25) is 0 Å². The summed E-state index contributed by atoms with van der Waals surface area (Å²) in [4.78, 5) is 0. The molecule has 0 bridgehead atoms. The van der Waals surface area contributed by atoms with Gasteiger partial charge in [0.15, 0.2) is 0 Å². The van der Waals surface area contributed by atoms with Gasteiger partial charge in [0.25, 0.3) is 0 Å². The molecule has 1 heterocycles. The van der Waals surface area contributed by atoms with Gasteiger partial charge in [-0.2, -0.15) is 5.10 Å². The quantitative estimate of drug-likeness (QED) is 0.888. The van der Waals surface area contributed by atoms with E-state index in [2.05, 4.69) is 69.6 Å². The summed E-state index contributed by atoms with van der Waals surface area (Å²) in [6.45, 7) is 4.35. The lowest BCUT2D eigenvalue weighted by molar-refractivity contribution is 0.469. The fourth-order valence-corrected chi connectivity index (χ4v) is 2.32. The van der Waals surface area contributed by atoms with Crippen LogP contribution in [0.25, 0.3) is 0 Å². The van der Waals surface area contributed by atoms with Crippen LogP contribution in [0.3, 0.4) is 0 Å². The summed E-state index contributed by atoms with van der Waals surface area (Å²) in [5, 5.41) is 10.5. The number of aromatic amines is 1. The van der Waals surface area contributed by atoms with Gasteiger partial charge in [-0.05, 0) is 44.0 Å². The van der Waals surface area contributed by atoms with E-state index in [0.29, 0.717) is 6.04 Å². The Hall–Kier alpha value is -1.13. The molecular weight excluding hydrogens is 290 g/mol. The fourth-order valence-electron chi connectivity index (χ4n) is 2.06. The number of halogens is 1. The zero-order chi connectivity index (χ0) is 13.0. The number of hydrogen-bond acceptors (Lipinski definition) is 2. The van der Waals surface area contributed by atoms with Crippen molar-refractivity contribution >= 4 is 15.9 Å². The van der Waals surface area contributed by atoms with Gasteiger partial charge < -0.3 is 5.32 Å². The zero-order valence-electron chi connectivity index (χ0n) is 10.7. The number of aromatic nitrogens is 2. The number of benzene rings is 1. The summed E-state index contributed by atoms with van der Waals surface area (Å²) in [6.07, 6.45) is 2.80. The molecule has 2 aromatic rings. The summed E-state index contributed by atoms with van der Waals surface area (Å²) < 4.78 is 1.12. The summed E-state index contributed by atoms with van der Waals surface area (Å²) >= 11 is 3.45. The molecule has 0 radical (unpaired) electrons. The Labute approximate surface area is 116 Å². The van der Waals surface area contributed by atoms with E-state index in [0.717, 1.165) is 16.6 Å². The Bertz CT molecular complexity index is 464. The highest BCUT2D eigenvalue weighted by molar-refractivity contribution is 9.10. The van der Waals surface area contributed by atoms with Crippen molar-refractivity contribution in [2.24, 2.45) is 0 Å². The van der Waals surface area contributed by atoms with Crippen LogP contribution in [0.4, 0.5) is 0 Å². The van der Waals surface area contributed by atoms with Crippen molar-refractivity contribution in [2.75, 3.05) is 0 Å². The normalized spacial score (nSPS) is 14.4. The molecule has 0 aliphatic carbocycles. The van der Waals surface area contributed by atoms with E-state index in [1.807, 2.05) is 6.07 Å². The van der Waals surface area contributed by atoms with Crippen molar-refractivity contribution in [1.82, 2.24) is 15.5 Å². The van der Waals surface area contributed by atoms with Gasteiger partial charge in [0.05, 0.1) is 5.69 Å². The van der Waals surface area contributed by atoms with E-state index in [4.69, 9.17) is 0 Å². The first-order valence-electron chi connectivity index (χ1n) is 6.15. The minimum atomic E-state index is 0.290. The van der Waals surface area contributed by atoms with Crippen LogP contribution in [0.5, 0.6) is 0 Å². The lowest BCUT2D eigenvalue weighted by Crippen LogP contribution is -2.30. The molecule has 96 valence electrons. The zero-order valence-corrected chi connectivity index (χ0v) is 12.2. The van der Waals surface area contributed by atoms with Gasteiger partial charge in [-0.1, -0.05) is 28.1 Å². The van der Waals surface area contributed by atoms with Crippen LogP contribution in [0.15, 0.2) is 41.0 Å². The summed E-state index contributed by atoms with van der Waals surface area (Å²) in [5.41, 5.74) is 2.47. The molecule has 4 heteroatoms. The molecule has 2 unspecified atom stereocenters. The molecule has 1 aromatic heterocycles. The number of nitrogens with zero attached hydrogens (tertiary/aromatic N) is 1. The number of H-pyrrole nitrogens is 1. The topological polar surface area (TPSA) is 40.7 Å². The lowest BCUT2D eigenvalue weighted by atomic mass is 10.1. The monoisotopic (exact) mass is 307 g/mol. The number of rotatable bonds is 5. The smallest absolute Gasteiger partial charge is 0.0518 e. The molecule has 0 amide bonds. The summed E-state index contributed by atoms with van der Waals surface area (Å²) in [5.74, 6) is 0. The average Bonchev–Trinajstić information content (AvgIpc) is 2.85. The van der Waals surface area contributed by atoms with Crippen molar-refractivity contribution in [2.45, 2.75) is 32.4 Å². The van der Waals surface area contributed by atoms with Crippen LogP contribution in [-0.2, 0) is 6.42 Å². The van der Waals surface area contributed by atoms with Crippen LogP contribution in [0.2, 0.25) is 0 Å². The van der Waals surface area contributed by atoms with Gasteiger partial charge in [-0.25, -0.2) is 0 Å². The van der Waals surface area contributed by atoms with Crippen LogP contribution in [0, 0.1) is 0 Å². The molecule has 1 aromatic carbocycles. The van der Waals surface area contributed by atoms with E-state index in [9.17, 15) is 0 Å². The largest absolute Gasteiger partial charge is 0.306 e. The highest BCUT2D eigenvalue weighted by Crippen LogP contribution is 2.14. The van der Waals surface area contributed by atoms with Crippen LogP contribution >= 0.6 is 15.9 Å². The van der Waals surface area contributed by atoms with Gasteiger partial charge in [0.1, 0.15) is 0 Å². The third-order valence-corrected chi connectivity index (χ3v) is 3.51. The molecule has 0 spiro atoms. The fraction of sp³-hybridized carbons (Fsp3) is 0.357. The SMILES string of the molecule is CC(Cc1ccc(Br)cc1)NC(C)c1ccn[nH]1. The minimum Gasteiger partial charge on any atom is -0.306 e. The summed E-state index contributed by atoms with van der Waals surface area (Å²) in [7, 11) is 0. The van der Waals surface area contributed by atoms with Gasteiger partial charge in [-0.15, -0.1) is 0 Å². The third kappa shape index (κ3) is 3.68. The van der Waals surface area contributed by atoms with Gasteiger partial charge in [-0.3, -0.25) is 5.10 Å². The molecule has 2 N–H and O–H groups in total. The maximum atomic E-state index is 3.97. The molecule has 0 saturated carbocycles. The molecule has 0 saturated heterocycles. The lowest BCUT2D eigenvalue weighted by Gasteiger charge is -2.19. The van der Waals surface area contributed by atoms with E-state index in [1.165, 1.54) is 5.56 Å². The van der Waals surface area contributed by atoms with Crippen molar-refractivity contribution in [3.05, 3.63) is 52.3 Å². The highest BCUT2D eigenvalue weighted by atomic mass is 79.9.